The number of fused-ring (bicyclic) bond motifs is 1. The van der Waals surface area contributed by atoms with Crippen molar-refractivity contribution in [3.8, 4) is 0 Å². The second-order valence-electron chi connectivity index (χ2n) is 11.5. The van der Waals surface area contributed by atoms with Crippen molar-refractivity contribution < 1.29 is 23.9 Å². The number of carbonyl (C=O) groups excluding carboxylic acids is 3. The van der Waals surface area contributed by atoms with Gasteiger partial charge in [0.05, 0.1) is 11.3 Å². The largest absolute Gasteiger partial charge is 0.444 e. The number of hydrogen-bond donors (Lipinski definition) is 3. The van der Waals surface area contributed by atoms with Crippen LogP contribution in [-0.4, -0.2) is 72.3 Å². The number of amides is 3. The van der Waals surface area contributed by atoms with Gasteiger partial charge in [-0.05, 0) is 45.7 Å². The summed E-state index contributed by atoms with van der Waals surface area (Å²) >= 11 is 0. The minimum Gasteiger partial charge on any atom is -0.444 e. The lowest BCUT2D eigenvalue weighted by Crippen LogP contribution is -2.47. The van der Waals surface area contributed by atoms with Crippen molar-refractivity contribution in [3.05, 3.63) is 24.0 Å². The van der Waals surface area contributed by atoms with Crippen molar-refractivity contribution in [1.82, 2.24) is 25.3 Å². The van der Waals surface area contributed by atoms with Gasteiger partial charge in [-0.3, -0.25) is 20.4 Å². The molecule has 3 heterocycles. The summed E-state index contributed by atoms with van der Waals surface area (Å²) in [5.74, 6) is -0.497. The first-order chi connectivity index (χ1) is 17.4. The summed E-state index contributed by atoms with van der Waals surface area (Å²) in [7, 11) is -1.20. The predicted octanol–water partition coefficient (Wildman–Crippen LogP) is 3.55. The van der Waals surface area contributed by atoms with Gasteiger partial charge < -0.3 is 24.3 Å². The highest BCUT2D eigenvalue weighted by Crippen LogP contribution is 2.29. The molecule has 1 fully saturated rings. The van der Waals surface area contributed by atoms with Crippen LogP contribution in [0.25, 0.3) is 11.0 Å². The van der Waals surface area contributed by atoms with Gasteiger partial charge in [0.15, 0.2) is 0 Å². The molecule has 1 saturated heterocycles. The van der Waals surface area contributed by atoms with Crippen LogP contribution in [0, 0.1) is 0 Å². The van der Waals surface area contributed by atoms with Crippen LogP contribution in [0.1, 0.15) is 44.0 Å². The van der Waals surface area contributed by atoms with Crippen LogP contribution in [-0.2, 0) is 21.0 Å². The molecule has 0 spiro atoms. The number of carbonyl (C=O) groups is 3. The molecule has 2 aromatic rings. The molecule has 204 valence electrons. The van der Waals surface area contributed by atoms with Crippen molar-refractivity contribution >= 4 is 43.2 Å². The second-order valence-corrected chi connectivity index (χ2v) is 17.2. The van der Waals surface area contributed by atoms with E-state index in [2.05, 4.69) is 40.8 Å². The van der Waals surface area contributed by atoms with Gasteiger partial charge in [0.2, 0.25) is 6.41 Å². The van der Waals surface area contributed by atoms with Gasteiger partial charge in [-0.1, -0.05) is 19.6 Å². The van der Waals surface area contributed by atoms with E-state index in [1.807, 2.05) is 37.6 Å². The quantitative estimate of drug-likeness (QED) is 0.185. The number of hydrazine groups is 1. The molecule has 2 aromatic heterocycles. The Morgan fingerprint density at radius 2 is 2.03 bits per heavy atom. The molecule has 1 aliphatic rings. The number of piperidine rings is 1. The van der Waals surface area contributed by atoms with Gasteiger partial charge in [-0.15, -0.1) is 0 Å². The van der Waals surface area contributed by atoms with Crippen LogP contribution in [0.15, 0.2) is 18.5 Å². The van der Waals surface area contributed by atoms with Crippen molar-refractivity contribution in [1.29, 1.82) is 0 Å². The molecule has 0 aromatic carbocycles. The van der Waals surface area contributed by atoms with E-state index in [1.165, 1.54) is 6.20 Å². The molecule has 1 aliphatic heterocycles. The summed E-state index contributed by atoms with van der Waals surface area (Å²) in [5.41, 5.74) is 5.53. The van der Waals surface area contributed by atoms with Crippen LogP contribution in [0.4, 0.5) is 10.5 Å². The standard InChI is InChI=1S/C25H40N6O5Si/c1-25(2,3)36-24(34)30-10-7-8-18(15-30)28-21-19-9-11-31(17-35-12-13-37(4,5)6)22(19)26-14-20(21)23(33)29-27-16-32/h9,11,14,16,18H,7-8,10,12-13,15,17H2,1-6H3,(H,26,28)(H,27,32)(H,29,33)/t18-/m1/s1. The molecule has 0 saturated carbocycles. The Balaban J connectivity index is 1.84. The minimum absolute atomic E-state index is 0.103. The molecular weight excluding hydrogens is 492 g/mol. The Bertz CT molecular complexity index is 1110. The fraction of sp³-hybridized carbons (Fsp3) is 0.600. The molecule has 0 aliphatic carbocycles. The fourth-order valence-corrected chi connectivity index (χ4v) is 4.82. The Kier molecular flexibility index (Phi) is 9.19. The van der Waals surface area contributed by atoms with Crippen LogP contribution in [0.3, 0.4) is 0 Å². The third-order valence-corrected chi connectivity index (χ3v) is 7.63. The Labute approximate surface area is 219 Å². The molecule has 0 bridgehead atoms. The van der Waals surface area contributed by atoms with E-state index in [0.29, 0.717) is 44.2 Å². The van der Waals surface area contributed by atoms with E-state index in [-0.39, 0.29) is 17.7 Å². The maximum atomic E-state index is 12.8. The third kappa shape index (κ3) is 8.19. The zero-order chi connectivity index (χ0) is 27.2. The number of anilines is 1. The highest BCUT2D eigenvalue weighted by molar-refractivity contribution is 6.76. The van der Waals surface area contributed by atoms with Crippen molar-refractivity contribution in [3.63, 3.8) is 0 Å². The SMILES string of the molecule is CC(C)(C)OC(=O)N1CCC[C@@H](Nc2c(C(=O)NNC=O)cnc3c2ccn3COCC[Si](C)(C)C)C1. The topological polar surface area (TPSA) is 127 Å². The maximum absolute atomic E-state index is 12.8. The molecule has 12 heteroatoms. The maximum Gasteiger partial charge on any atom is 0.410 e. The van der Waals surface area contributed by atoms with Crippen LogP contribution < -0.4 is 16.2 Å². The summed E-state index contributed by atoms with van der Waals surface area (Å²) < 4.78 is 13.4. The van der Waals surface area contributed by atoms with Crippen LogP contribution in [0.5, 0.6) is 0 Å². The molecule has 37 heavy (non-hydrogen) atoms. The average molecular weight is 533 g/mol. The lowest BCUT2D eigenvalue weighted by atomic mass is 10.0. The number of nitrogens with one attached hydrogen (secondary N) is 3. The zero-order valence-corrected chi connectivity index (χ0v) is 23.7. The van der Waals surface area contributed by atoms with E-state index < -0.39 is 19.6 Å². The van der Waals surface area contributed by atoms with Gasteiger partial charge in [0.25, 0.3) is 5.91 Å². The molecule has 3 amide bonds. The van der Waals surface area contributed by atoms with E-state index in [9.17, 15) is 14.4 Å². The summed E-state index contributed by atoms with van der Waals surface area (Å²) in [6.45, 7) is 14.5. The summed E-state index contributed by atoms with van der Waals surface area (Å²) in [6.07, 6.45) is 5.03. The minimum atomic E-state index is -1.20. The van der Waals surface area contributed by atoms with Crippen LogP contribution in [0.2, 0.25) is 25.7 Å². The Morgan fingerprint density at radius 3 is 2.70 bits per heavy atom. The first kappa shape index (κ1) is 28.4. The van der Waals surface area contributed by atoms with Gasteiger partial charge in [-0.25, -0.2) is 9.78 Å². The van der Waals surface area contributed by atoms with Gasteiger partial charge in [0.1, 0.15) is 18.0 Å². The number of pyridine rings is 1. The molecule has 0 radical (unpaired) electrons. The normalized spacial score (nSPS) is 16.4. The lowest BCUT2D eigenvalue weighted by molar-refractivity contribution is -0.110. The molecular formula is C25H40N6O5Si. The number of hydrogen-bond acceptors (Lipinski definition) is 7. The number of likely N-dealkylation sites (tertiary alicyclic amines) is 1. The molecule has 0 unspecified atom stereocenters. The summed E-state index contributed by atoms with van der Waals surface area (Å²) in [4.78, 5) is 42.4. The first-order valence-electron chi connectivity index (χ1n) is 12.7. The number of aromatic nitrogens is 2. The Morgan fingerprint density at radius 1 is 1.27 bits per heavy atom. The lowest BCUT2D eigenvalue weighted by Gasteiger charge is -2.35. The molecule has 3 N–H and O–H groups in total. The van der Waals surface area contributed by atoms with Crippen molar-refractivity contribution in [2.75, 3.05) is 25.0 Å². The van der Waals surface area contributed by atoms with E-state index in [4.69, 9.17) is 9.47 Å². The van der Waals surface area contributed by atoms with Crippen molar-refractivity contribution in [2.45, 2.75) is 77.7 Å². The van der Waals surface area contributed by atoms with Gasteiger partial charge >= 0.3 is 6.09 Å². The smallest absolute Gasteiger partial charge is 0.410 e. The second kappa shape index (κ2) is 11.9. The third-order valence-electron chi connectivity index (χ3n) is 5.93. The monoisotopic (exact) mass is 532 g/mol. The molecule has 11 nitrogen and oxygen atoms in total. The summed E-state index contributed by atoms with van der Waals surface area (Å²) in [6, 6.07) is 2.86. The highest BCUT2D eigenvalue weighted by atomic mass is 28.3. The zero-order valence-electron chi connectivity index (χ0n) is 22.7. The predicted molar refractivity (Wildman–Crippen MR) is 145 cm³/mol. The molecule has 3 rings (SSSR count). The van der Waals surface area contributed by atoms with E-state index in [1.54, 1.807) is 4.90 Å². The highest BCUT2D eigenvalue weighted by Gasteiger charge is 2.29. The number of ether oxygens (including phenoxy) is 2. The fourth-order valence-electron chi connectivity index (χ4n) is 4.07. The van der Waals surface area contributed by atoms with Crippen LogP contribution >= 0.6 is 0 Å². The Hall–Kier alpha value is -3.12. The average Bonchev–Trinajstić information content (AvgIpc) is 3.22. The van der Waals surface area contributed by atoms with Gasteiger partial charge in [0, 0.05) is 51.6 Å². The summed E-state index contributed by atoms with van der Waals surface area (Å²) in [5, 5.41) is 4.23. The van der Waals surface area contributed by atoms with Crippen molar-refractivity contribution in [2.24, 2.45) is 0 Å². The van der Waals surface area contributed by atoms with E-state index >= 15 is 0 Å². The number of nitrogens with zero attached hydrogens (tertiary/aromatic N) is 3. The number of rotatable bonds is 10. The first-order valence-corrected chi connectivity index (χ1v) is 16.4. The molecule has 1 atom stereocenters. The van der Waals surface area contributed by atoms with Gasteiger partial charge in [-0.2, -0.15) is 0 Å². The van der Waals surface area contributed by atoms with E-state index in [0.717, 1.165) is 24.3 Å².